The van der Waals surface area contributed by atoms with E-state index in [9.17, 15) is 0 Å². The van der Waals surface area contributed by atoms with Crippen LogP contribution in [0.3, 0.4) is 0 Å². The van der Waals surface area contributed by atoms with Gasteiger partial charge in [-0.05, 0) is 65.7 Å². The molecule has 9 aromatic carbocycles. The Labute approximate surface area is 372 Å². The van der Waals surface area contributed by atoms with Gasteiger partial charge in [-0.3, -0.25) is 0 Å². The van der Waals surface area contributed by atoms with E-state index in [0.717, 1.165) is 99.5 Å². The Hall–Kier alpha value is -8.94. The molecule has 0 atom stereocenters. The summed E-state index contributed by atoms with van der Waals surface area (Å²) in [7, 11) is 0. The van der Waals surface area contributed by atoms with Gasteiger partial charge in [0.1, 0.15) is 16.7 Å². The van der Waals surface area contributed by atoms with Crippen LogP contribution in [-0.2, 0) is 0 Å². The number of rotatable bonds is 7. The highest BCUT2D eigenvalue weighted by Crippen LogP contribution is 2.42. The number of hydrogen-bond donors (Lipinski definition) is 0. The van der Waals surface area contributed by atoms with E-state index in [0.29, 0.717) is 28.9 Å². The molecule has 0 saturated carbocycles. The Kier molecular flexibility index (Phi) is 8.39. The van der Waals surface area contributed by atoms with Gasteiger partial charge < -0.3 is 13.4 Å². The summed E-state index contributed by atoms with van der Waals surface area (Å²) in [4.78, 5) is 19.7. The zero-order chi connectivity index (χ0) is 42.8. The lowest BCUT2D eigenvalue weighted by Crippen LogP contribution is -2.00. The second-order valence-corrected chi connectivity index (χ2v) is 16.2. The summed E-state index contributed by atoms with van der Waals surface area (Å²) >= 11 is 0. The van der Waals surface area contributed by atoms with Crippen molar-refractivity contribution < 1.29 is 8.83 Å². The number of hydrogen-bond acceptors (Lipinski definition) is 6. The van der Waals surface area contributed by atoms with Crippen molar-refractivity contribution >= 4 is 54.8 Å². The molecule has 4 aromatic heterocycles. The smallest absolute Gasteiger partial charge is 0.227 e. The third-order valence-electron chi connectivity index (χ3n) is 12.3. The van der Waals surface area contributed by atoms with Crippen molar-refractivity contribution in [3.05, 3.63) is 212 Å². The van der Waals surface area contributed by atoms with Gasteiger partial charge in [0.15, 0.2) is 23.1 Å². The largest absolute Gasteiger partial charge is 0.455 e. The maximum Gasteiger partial charge on any atom is 0.227 e. The molecule has 0 spiro atoms. The minimum atomic E-state index is 0.530. The van der Waals surface area contributed by atoms with Gasteiger partial charge in [0.05, 0.1) is 11.0 Å². The standard InChI is InChI=1S/C58H35N5O2/c1-4-15-36(16-5-1)43-24-13-26-46-47-27-14-25-44(54(47)65-53(43)46)39-30-32-51-48(34-39)45-23-10-11-28-50(45)63(51)42-22-12-21-41(33-42)58-59-49-31-29-40(35-52(49)64-58)57-61-55(37-17-6-2-7-18-37)60-56(62-57)38-19-8-3-9-20-38/h1-35H. The molecular weight excluding hydrogens is 799 g/mol. The number of fused-ring (bicyclic) bond motifs is 7. The lowest BCUT2D eigenvalue weighted by molar-refractivity contribution is 0.620. The summed E-state index contributed by atoms with van der Waals surface area (Å²) in [5.41, 5.74) is 14.3. The highest BCUT2D eigenvalue weighted by Gasteiger charge is 2.20. The van der Waals surface area contributed by atoms with E-state index in [-0.39, 0.29) is 0 Å². The van der Waals surface area contributed by atoms with Crippen molar-refractivity contribution in [2.45, 2.75) is 0 Å². The summed E-state index contributed by atoms with van der Waals surface area (Å²) < 4.78 is 15.7. The highest BCUT2D eigenvalue weighted by atomic mass is 16.3. The number of benzene rings is 9. The van der Waals surface area contributed by atoms with E-state index in [2.05, 4.69) is 126 Å². The third kappa shape index (κ3) is 6.20. The number of nitrogens with zero attached hydrogens (tertiary/aromatic N) is 5. The summed E-state index contributed by atoms with van der Waals surface area (Å²) in [5.74, 6) is 2.29. The second kappa shape index (κ2) is 14.9. The van der Waals surface area contributed by atoms with Gasteiger partial charge in [-0.2, -0.15) is 0 Å². The Bertz CT molecular complexity index is 3890. The zero-order valence-corrected chi connectivity index (χ0v) is 34.8. The molecule has 65 heavy (non-hydrogen) atoms. The fraction of sp³-hybridized carbons (Fsp3) is 0. The molecule has 7 heteroatoms. The first-order valence-corrected chi connectivity index (χ1v) is 21.6. The van der Waals surface area contributed by atoms with Crippen molar-refractivity contribution in [1.82, 2.24) is 24.5 Å². The van der Waals surface area contributed by atoms with E-state index >= 15 is 0 Å². The van der Waals surface area contributed by atoms with Crippen LogP contribution in [0.15, 0.2) is 221 Å². The normalized spacial score (nSPS) is 11.7. The van der Waals surface area contributed by atoms with Crippen molar-refractivity contribution in [3.63, 3.8) is 0 Å². The maximum absolute atomic E-state index is 6.82. The first-order valence-electron chi connectivity index (χ1n) is 21.6. The number of furan rings is 1. The molecule has 7 nitrogen and oxygen atoms in total. The van der Waals surface area contributed by atoms with Crippen LogP contribution in [0.5, 0.6) is 0 Å². The SMILES string of the molecule is c1ccc(-c2nc(-c3ccccc3)nc(-c3ccc4nc(-c5cccc(-n6c7ccccc7c7cc(-c8cccc9c8oc8c(-c%10ccccc%10)cccc89)ccc76)c5)oc4c3)n2)cc1. The molecule has 13 aromatic rings. The van der Waals surface area contributed by atoms with E-state index < -0.39 is 0 Å². The Morgan fingerprint density at radius 3 is 1.55 bits per heavy atom. The van der Waals surface area contributed by atoms with Crippen LogP contribution in [0.25, 0.3) is 128 Å². The second-order valence-electron chi connectivity index (χ2n) is 16.2. The Morgan fingerprint density at radius 1 is 0.323 bits per heavy atom. The zero-order valence-electron chi connectivity index (χ0n) is 34.8. The van der Waals surface area contributed by atoms with Gasteiger partial charge in [-0.15, -0.1) is 0 Å². The van der Waals surface area contributed by atoms with Gasteiger partial charge >= 0.3 is 0 Å². The van der Waals surface area contributed by atoms with E-state index in [1.54, 1.807) is 0 Å². The molecule has 0 aliphatic carbocycles. The molecule has 4 heterocycles. The predicted octanol–water partition coefficient (Wildman–Crippen LogP) is 15.0. The molecule has 0 fully saturated rings. The van der Waals surface area contributed by atoms with Crippen LogP contribution in [0.1, 0.15) is 0 Å². The van der Waals surface area contributed by atoms with Crippen molar-refractivity contribution in [2.75, 3.05) is 0 Å². The first kappa shape index (κ1) is 36.7. The summed E-state index contributed by atoms with van der Waals surface area (Å²) in [6.07, 6.45) is 0. The Balaban J connectivity index is 0.886. The summed E-state index contributed by atoms with van der Waals surface area (Å²) in [5, 5.41) is 4.53. The fourth-order valence-electron chi connectivity index (χ4n) is 9.21. The van der Waals surface area contributed by atoms with Crippen LogP contribution < -0.4 is 0 Å². The molecule has 0 bridgehead atoms. The van der Waals surface area contributed by atoms with E-state index in [4.69, 9.17) is 28.8 Å². The van der Waals surface area contributed by atoms with Gasteiger partial charge in [0.25, 0.3) is 0 Å². The number of oxazole rings is 1. The molecule has 0 aliphatic rings. The van der Waals surface area contributed by atoms with Gasteiger partial charge in [-0.1, -0.05) is 158 Å². The molecule has 13 rings (SSSR count). The van der Waals surface area contributed by atoms with Gasteiger partial charge in [0, 0.05) is 60.6 Å². The minimum absolute atomic E-state index is 0.530. The average Bonchev–Trinajstić information content (AvgIpc) is 4.09. The van der Waals surface area contributed by atoms with Crippen LogP contribution >= 0.6 is 0 Å². The van der Waals surface area contributed by atoms with Crippen LogP contribution in [0, 0.1) is 0 Å². The van der Waals surface area contributed by atoms with Crippen LogP contribution in [0.2, 0.25) is 0 Å². The summed E-state index contributed by atoms with van der Waals surface area (Å²) in [6.45, 7) is 0. The van der Waals surface area contributed by atoms with E-state index in [1.807, 2.05) is 91.0 Å². The molecule has 0 unspecified atom stereocenters. The Morgan fingerprint density at radius 2 is 0.862 bits per heavy atom. The van der Waals surface area contributed by atoms with Crippen LogP contribution in [-0.4, -0.2) is 24.5 Å². The van der Waals surface area contributed by atoms with Crippen molar-refractivity contribution in [3.8, 4) is 73.6 Å². The number of para-hydroxylation sites is 3. The molecule has 0 radical (unpaired) electrons. The lowest BCUT2D eigenvalue weighted by Gasteiger charge is -2.09. The minimum Gasteiger partial charge on any atom is -0.455 e. The molecule has 0 amide bonds. The quantitative estimate of drug-likeness (QED) is 0.159. The molecule has 304 valence electrons. The van der Waals surface area contributed by atoms with Crippen molar-refractivity contribution in [1.29, 1.82) is 0 Å². The van der Waals surface area contributed by atoms with Crippen LogP contribution in [0.4, 0.5) is 0 Å². The third-order valence-corrected chi connectivity index (χ3v) is 12.3. The van der Waals surface area contributed by atoms with Crippen molar-refractivity contribution in [2.24, 2.45) is 0 Å². The number of aromatic nitrogens is 5. The molecule has 0 aliphatic heterocycles. The molecule has 0 saturated heterocycles. The molecule has 0 N–H and O–H groups in total. The summed E-state index contributed by atoms with van der Waals surface area (Å²) in [6, 6.07) is 72.9. The maximum atomic E-state index is 6.82. The highest BCUT2D eigenvalue weighted by molar-refractivity contribution is 6.15. The predicted molar refractivity (Wildman–Crippen MR) is 262 cm³/mol. The fourth-order valence-corrected chi connectivity index (χ4v) is 9.21. The molecular formula is C58H35N5O2. The topological polar surface area (TPSA) is 82.8 Å². The monoisotopic (exact) mass is 833 g/mol. The van der Waals surface area contributed by atoms with E-state index in [1.165, 1.54) is 0 Å². The lowest BCUT2D eigenvalue weighted by atomic mass is 9.99. The average molecular weight is 834 g/mol. The van der Waals surface area contributed by atoms with Gasteiger partial charge in [0.2, 0.25) is 5.89 Å². The first-order chi connectivity index (χ1) is 32.2. The van der Waals surface area contributed by atoms with Gasteiger partial charge in [-0.25, -0.2) is 19.9 Å².